The van der Waals surface area contributed by atoms with Crippen LogP contribution in [0.2, 0.25) is 10.0 Å². The van der Waals surface area contributed by atoms with Crippen LogP contribution in [0.1, 0.15) is 12.0 Å². The van der Waals surface area contributed by atoms with E-state index in [2.05, 4.69) is 4.90 Å². The lowest BCUT2D eigenvalue weighted by Gasteiger charge is -2.32. The number of likely N-dealkylation sites (N-methyl/N-ethyl adjacent to an activating group) is 1. The van der Waals surface area contributed by atoms with Crippen molar-refractivity contribution in [2.75, 3.05) is 39.8 Å². The van der Waals surface area contributed by atoms with Crippen LogP contribution in [0.4, 0.5) is 0 Å². The van der Waals surface area contributed by atoms with Crippen LogP contribution in [0.5, 0.6) is 0 Å². The molecule has 2 aliphatic rings. The first-order valence-electron chi connectivity index (χ1n) is 8.52. The summed E-state index contributed by atoms with van der Waals surface area (Å²) in [6.07, 6.45) is 1.98. The maximum Gasteiger partial charge on any atom is 0.266 e. The lowest BCUT2D eigenvalue weighted by molar-refractivity contribution is -0.133. The van der Waals surface area contributed by atoms with Crippen LogP contribution in [0.15, 0.2) is 23.1 Å². The lowest BCUT2D eigenvalue weighted by Crippen LogP contribution is -2.47. The minimum Gasteiger partial charge on any atom is -0.340 e. The first kappa shape index (κ1) is 20.6. The first-order chi connectivity index (χ1) is 12.8. The third-order valence-corrected chi connectivity index (χ3v) is 6.47. The van der Waals surface area contributed by atoms with E-state index in [9.17, 15) is 9.59 Å². The smallest absolute Gasteiger partial charge is 0.266 e. The third kappa shape index (κ3) is 5.03. The number of benzene rings is 1. The van der Waals surface area contributed by atoms with E-state index in [1.165, 1.54) is 16.7 Å². The number of hydrogen-bond donors (Lipinski definition) is 0. The van der Waals surface area contributed by atoms with Gasteiger partial charge in [-0.3, -0.25) is 14.5 Å². The molecule has 5 nitrogen and oxygen atoms in total. The third-order valence-electron chi connectivity index (χ3n) is 4.53. The number of carbonyl (C=O) groups excluding carboxylic acids is 2. The molecule has 0 atom stereocenters. The summed E-state index contributed by atoms with van der Waals surface area (Å²) < 4.78 is 0.461. The molecule has 1 aromatic carbocycles. The number of nitrogens with zero attached hydrogens (tertiary/aromatic N) is 3. The number of piperazine rings is 1. The van der Waals surface area contributed by atoms with Gasteiger partial charge in [-0.05, 0) is 30.8 Å². The molecule has 0 aliphatic carbocycles. The van der Waals surface area contributed by atoms with E-state index < -0.39 is 0 Å². The van der Waals surface area contributed by atoms with Gasteiger partial charge in [-0.15, -0.1) is 0 Å². The Kier molecular flexibility index (Phi) is 6.81. The predicted molar refractivity (Wildman–Crippen MR) is 115 cm³/mol. The van der Waals surface area contributed by atoms with Gasteiger partial charge in [0.1, 0.15) is 4.32 Å². The molecule has 0 spiro atoms. The van der Waals surface area contributed by atoms with Crippen molar-refractivity contribution < 1.29 is 9.59 Å². The van der Waals surface area contributed by atoms with Crippen molar-refractivity contribution in [3.8, 4) is 0 Å². The van der Waals surface area contributed by atoms with Crippen LogP contribution in [0.3, 0.4) is 0 Å². The van der Waals surface area contributed by atoms with Crippen molar-refractivity contribution in [2.24, 2.45) is 0 Å². The number of thiocarbonyl (C=S) groups is 1. The van der Waals surface area contributed by atoms with Gasteiger partial charge < -0.3 is 9.80 Å². The zero-order valence-corrected chi connectivity index (χ0v) is 17.9. The van der Waals surface area contributed by atoms with E-state index in [1.807, 2.05) is 11.9 Å². The fourth-order valence-corrected chi connectivity index (χ4v) is 4.64. The normalized spacial score (nSPS) is 20.0. The Morgan fingerprint density at radius 3 is 2.63 bits per heavy atom. The molecule has 2 saturated heterocycles. The van der Waals surface area contributed by atoms with Crippen LogP contribution in [-0.4, -0.2) is 70.6 Å². The maximum absolute atomic E-state index is 12.7. The first-order valence-corrected chi connectivity index (χ1v) is 10.5. The highest BCUT2D eigenvalue weighted by atomic mass is 35.5. The highest BCUT2D eigenvalue weighted by molar-refractivity contribution is 8.26. The predicted octanol–water partition coefficient (Wildman–Crippen LogP) is 3.36. The van der Waals surface area contributed by atoms with Crippen molar-refractivity contribution >= 4 is 69.4 Å². The Morgan fingerprint density at radius 2 is 1.96 bits per heavy atom. The number of halogens is 2. The number of carbonyl (C=O) groups is 2. The Morgan fingerprint density at radius 1 is 1.26 bits per heavy atom. The fourth-order valence-electron chi connectivity index (χ4n) is 2.87. The monoisotopic (exact) mass is 443 g/mol. The van der Waals surface area contributed by atoms with Gasteiger partial charge in [0.25, 0.3) is 5.91 Å². The van der Waals surface area contributed by atoms with Crippen LogP contribution in [0.25, 0.3) is 6.08 Å². The Labute approximate surface area is 178 Å². The summed E-state index contributed by atoms with van der Waals surface area (Å²) in [4.78, 5) is 31.1. The molecule has 2 heterocycles. The molecule has 2 fully saturated rings. The molecule has 0 bridgehead atoms. The molecule has 2 amide bonds. The Balaban J connectivity index is 1.62. The lowest BCUT2D eigenvalue weighted by atomic mass is 10.2. The van der Waals surface area contributed by atoms with Gasteiger partial charge >= 0.3 is 0 Å². The topological polar surface area (TPSA) is 43.9 Å². The molecule has 9 heteroatoms. The summed E-state index contributed by atoms with van der Waals surface area (Å²) >= 11 is 18.6. The summed E-state index contributed by atoms with van der Waals surface area (Å²) in [6, 6.07) is 5.10. The summed E-state index contributed by atoms with van der Waals surface area (Å²) in [7, 11) is 2.04. The quantitative estimate of drug-likeness (QED) is 0.527. The second-order valence-corrected chi connectivity index (χ2v) is 8.95. The van der Waals surface area contributed by atoms with Gasteiger partial charge in [0.2, 0.25) is 5.91 Å². The van der Waals surface area contributed by atoms with Crippen LogP contribution in [-0.2, 0) is 9.59 Å². The number of rotatable bonds is 4. The van der Waals surface area contributed by atoms with Gasteiger partial charge in [-0.2, -0.15) is 0 Å². The van der Waals surface area contributed by atoms with E-state index in [0.29, 0.717) is 31.4 Å². The van der Waals surface area contributed by atoms with Crippen LogP contribution < -0.4 is 0 Å². The summed E-state index contributed by atoms with van der Waals surface area (Å²) in [5.74, 6) is -0.135. The molecule has 0 radical (unpaired) electrons. The fraction of sp³-hybridized carbons (Fsp3) is 0.389. The van der Waals surface area contributed by atoms with Gasteiger partial charge in [0.05, 0.1) is 4.91 Å². The largest absolute Gasteiger partial charge is 0.340 e. The van der Waals surface area contributed by atoms with Gasteiger partial charge in [0.15, 0.2) is 0 Å². The summed E-state index contributed by atoms with van der Waals surface area (Å²) in [5, 5.41) is 1.00. The molecule has 1 aromatic rings. The zero-order chi connectivity index (χ0) is 19.6. The van der Waals surface area contributed by atoms with Crippen molar-refractivity contribution in [3.63, 3.8) is 0 Å². The molecular weight excluding hydrogens is 425 g/mol. The van der Waals surface area contributed by atoms with Crippen LogP contribution >= 0.6 is 47.2 Å². The molecular formula is C18H19Cl2N3O2S2. The van der Waals surface area contributed by atoms with E-state index in [-0.39, 0.29) is 18.2 Å². The molecule has 0 aromatic heterocycles. The Hall–Kier alpha value is -1.12. The average Bonchev–Trinajstić information content (AvgIpc) is 2.89. The molecule has 0 N–H and O–H groups in total. The molecule has 144 valence electrons. The van der Waals surface area contributed by atoms with Crippen molar-refractivity contribution in [2.45, 2.75) is 6.42 Å². The number of thioether (sulfide) groups is 1. The van der Waals surface area contributed by atoms with Crippen LogP contribution in [0, 0.1) is 0 Å². The van der Waals surface area contributed by atoms with Gasteiger partial charge in [-0.1, -0.05) is 53.2 Å². The standard InChI is InChI=1S/C18H19Cl2N3O2S2/c1-21-6-8-22(9-7-21)16(24)4-5-23-17(25)15(27-18(23)26)10-12-2-3-13(19)11-14(12)20/h2-3,10-11H,4-9H2,1H3. The van der Waals surface area contributed by atoms with E-state index >= 15 is 0 Å². The molecule has 0 unspecified atom stereocenters. The second kappa shape index (κ2) is 8.92. The van der Waals surface area contributed by atoms with E-state index in [0.717, 1.165) is 26.2 Å². The second-order valence-electron chi connectivity index (χ2n) is 6.43. The zero-order valence-electron chi connectivity index (χ0n) is 14.8. The number of hydrogen-bond acceptors (Lipinski definition) is 5. The van der Waals surface area contributed by atoms with Crippen molar-refractivity contribution in [1.82, 2.24) is 14.7 Å². The summed E-state index contributed by atoms with van der Waals surface area (Å²) in [6.45, 7) is 3.49. The van der Waals surface area contributed by atoms with Gasteiger partial charge in [-0.25, -0.2) is 0 Å². The van der Waals surface area contributed by atoms with Crippen molar-refractivity contribution in [3.05, 3.63) is 38.7 Å². The minimum atomic E-state index is -0.192. The highest BCUT2D eigenvalue weighted by Crippen LogP contribution is 2.34. The molecule has 2 aliphatic heterocycles. The average molecular weight is 444 g/mol. The van der Waals surface area contributed by atoms with E-state index in [1.54, 1.807) is 24.3 Å². The molecule has 27 heavy (non-hydrogen) atoms. The SMILES string of the molecule is CN1CCN(C(=O)CCN2C(=O)C(=Cc3ccc(Cl)cc3Cl)SC2=S)CC1. The maximum atomic E-state index is 12.7. The summed E-state index contributed by atoms with van der Waals surface area (Å²) in [5.41, 5.74) is 0.704. The highest BCUT2D eigenvalue weighted by Gasteiger charge is 2.32. The molecule has 0 saturated carbocycles. The number of amides is 2. The van der Waals surface area contributed by atoms with Gasteiger partial charge in [0, 0.05) is 49.2 Å². The minimum absolute atomic E-state index is 0.0573. The molecule has 3 rings (SSSR count). The Bertz CT molecular complexity index is 808. The van der Waals surface area contributed by atoms with Crippen molar-refractivity contribution in [1.29, 1.82) is 0 Å². The van der Waals surface area contributed by atoms with E-state index in [4.69, 9.17) is 35.4 Å².